The van der Waals surface area contributed by atoms with E-state index in [1.807, 2.05) is 30.5 Å². The minimum absolute atomic E-state index is 0.132. The van der Waals surface area contributed by atoms with E-state index in [1.54, 1.807) is 20.8 Å². The van der Waals surface area contributed by atoms with Gasteiger partial charge in [-0.3, -0.25) is 4.79 Å². The molecule has 0 bridgehead atoms. The number of nitrogens with one attached hydrogen (secondary N) is 1. The maximum absolute atomic E-state index is 12.3. The first-order valence-electron chi connectivity index (χ1n) is 8.53. The number of piperidine rings is 1. The average molecular weight is 344 g/mol. The van der Waals surface area contributed by atoms with E-state index in [2.05, 4.69) is 4.98 Å². The Morgan fingerprint density at radius 3 is 2.68 bits per heavy atom. The number of carbonyl (C=O) groups is 2. The summed E-state index contributed by atoms with van der Waals surface area (Å²) < 4.78 is 5.39. The van der Waals surface area contributed by atoms with Crippen molar-refractivity contribution in [2.24, 2.45) is 5.92 Å². The number of carbonyl (C=O) groups excluding carboxylic acids is 1. The minimum atomic E-state index is -0.886. The van der Waals surface area contributed by atoms with Gasteiger partial charge >= 0.3 is 12.1 Å². The van der Waals surface area contributed by atoms with Gasteiger partial charge in [0.2, 0.25) is 0 Å². The van der Waals surface area contributed by atoms with Crippen molar-refractivity contribution in [1.29, 1.82) is 0 Å². The van der Waals surface area contributed by atoms with E-state index in [0.29, 0.717) is 13.0 Å². The van der Waals surface area contributed by atoms with Crippen LogP contribution < -0.4 is 0 Å². The Bertz CT molecular complexity index is 790. The third-order valence-electron chi connectivity index (χ3n) is 4.60. The Morgan fingerprint density at radius 1 is 1.28 bits per heavy atom. The number of carboxylic acid groups (broad SMARTS) is 1. The molecule has 134 valence electrons. The zero-order valence-corrected chi connectivity index (χ0v) is 14.8. The number of H-pyrrole nitrogens is 1. The summed E-state index contributed by atoms with van der Waals surface area (Å²) >= 11 is 0. The van der Waals surface area contributed by atoms with Crippen LogP contribution in [0.1, 0.15) is 38.7 Å². The molecule has 0 unspecified atom stereocenters. The highest BCUT2D eigenvalue weighted by Gasteiger charge is 2.39. The molecule has 1 saturated heterocycles. The van der Waals surface area contributed by atoms with Gasteiger partial charge in [-0.25, -0.2) is 4.79 Å². The lowest BCUT2D eigenvalue weighted by atomic mass is 9.80. The van der Waals surface area contributed by atoms with Crippen molar-refractivity contribution in [3.8, 4) is 0 Å². The number of benzene rings is 1. The first-order chi connectivity index (χ1) is 11.8. The third kappa shape index (κ3) is 3.62. The predicted octanol–water partition coefficient (Wildman–Crippen LogP) is 3.59. The number of para-hydroxylation sites is 1. The van der Waals surface area contributed by atoms with Gasteiger partial charge in [0.15, 0.2) is 0 Å². The molecule has 1 aromatic heterocycles. The van der Waals surface area contributed by atoms with Gasteiger partial charge in [0.05, 0.1) is 5.92 Å². The highest BCUT2D eigenvalue weighted by Crippen LogP contribution is 2.37. The number of ether oxygens (including phenoxy) is 1. The second-order valence-corrected chi connectivity index (χ2v) is 7.56. The molecule has 2 N–H and O–H groups in total. The van der Waals surface area contributed by atoms with Crippen LogP contribution in [0.2, 0.25) is 0 Å². The zero-order chi connectivity index (χ0) is 18.2. The molecule has 2 aromatic rings. The fourth-order valence-electron chi connectivity index (χ4n) is 3.47. The number of aromatic nitrogens is 1. The van der Waals surface area contributed by atoms with Gasteiger partial charge in [0.25, 0.3) is 0 Å². The molecule has 1 aliphatic rings. The number of carboxylic acids is 1. The normalized spacial score (nSPS) is 21.3. The van der Waals surface area contributed by atoms with Crippen molar-refractivity contribution in [2.45, 2.75) is 38.7 Å². The Morgan fingerprint density at radius 2 is 2.00 bits per heavy atom. The summed E-state index contributed by atoms with van der Waals surface area (Å²) in [5.74, 6) is -1.67. The summed E-state index contributed by atoms with van der Waals surface area (Å²) in [6.45, 7) is 6.06. The maximum Gasteiger partial charge on any atom is 0.410 e. The van der Waals surface area contributed by atoms with Gasteiger partial charge in [-0.15, -0.1) is 0 Å². The van der Waals surface area contributed by atoms with Crippen LogP contribution in [0.5, 0.6) is 0 Å². The highest BCUT2D eigenvalue weighted by atomic mass is 16.6. The van der Waals surface area contributed by atoms with E-state index < -0.39 is 23.6 Å². The van der Waals surface area contributed by atoms with E-state index in [1.165, 1.54) is 4.90 Å². The smallest absolute Gasteiger partial charge is 0.410 e. The van der Waals surface area contributed by atoms with E-state index in [-0.39, 0.29) is 12.5 Å². The van der Waals surface area contributed by atoms with E-state index in [9.17, 15) is 14.7 Å². The van der Waals surface area contributed by atoms with Crippen LogP contribution in [0.25, 0.3) is 10.9 Å². The molecule has 25 heavy (non-hydrogen) atoms. The standard InChI is InChI=1S/C19H24N2O4/c1-19(2,3)25-18(24)21-9-8-12(15(11-21)17(22)23)14-10-20-16-7-5-4-6-13(14)16/h4-7,10,12,15,20H,8-9,11H2,1-3H3,(H,22,23)/t12-,15-/m1/s1. The fraction of sp³-hybridized carbons (Fsp3) is 0.474. The molecule has 6 nitrogen and oxygen atoms in total. The van der Waals surface area contributed by atoms with Crippen LogP contribution in [0.4, 0.5) is 4.79 Å². The van der Waals surface area contributed by atoms with Gasteiger partial charge in [-0.05, 0) is 38.8 Å². The number of hydrogen-bond acceptors (Lipinski definition) is 3. The SMILES string of the molecule is CC(C)(C)OC(=O)N1CC[C@H](c2c[nH]c3ccccc23)[C@H](C(=O)O)C1. The van der Waals surface area contributed by atoms with E-state index >= 15 is 0 Å². The van der Waals surface area contributed by atoms with Crippen molar-refractivity contribution in [1.82, 2.24) is 9.88 Å². The molecule has 0 radical (unpaired) electrons. The molecule has 2 atom stereocenters. The minimum Gasteiger partial charge on any atom is -0.481 e. The van der Waals surface area contributed by atoms with Gasteiger partial charge in [-0.2, -0.15) is 0 Å². The zero-order valence-electron chi connectivity index (χ0n) is 14.8. The van der Waals surface area contributed by atoms with E-state index in [4.69, 9.17) is 4.74 Å². The first-order valence-corrected chi connectivity index (χ1v) is 8.53. The molecule has 2 heterocycles. The summed E-state index contributed by atoms with van der Waals surface area (Å²) in [4.78, 5) is 28.9. The van der Waals surface area contributed by atoms with Crippen LogP contribution in [0.3, 0.4) is 0 Å². The molecular weight excluding hydrogens is 320 g/mol. The molecule has 1 fully saturated rings. The molecular formula is C19H24N2O4. The van der Waals surface area contributed by atoms with Gasteiger partial charge in [-0.1, -0.05) is 18.2 Å². The molecule has 1 aromatic carbocycles. The van der Waals surface area contributed by atoms with Crippen molar-refractivity contribution < 1.29 is 19.4 Å². The van der Waals surface area contributed by atoms with Crippen molar-refractivity contribution in [3.63, 3.8) is 0 Å². The fourth-order valence-corrected chi connectivity index (χ4v) is 3.47. The van der Waals surface area contributed by atoms with Crippen molar-refractivity contribution in [2.75, 3.05) is 13.1 Å². The van der Waals surface area contributed by atoms with Crippen molar-refractivity contribution >= 4 is 23.0 Å². The number of aromatic amines is 1. The monoisotopic (exact) mass is 344 g/mol. The van der Waals surface area contributed by atoms with Crippen LogP contribution in [0, 0.1) is 5.92 Å². The molecule has 1 aliphatic heterocycles. The van der Waals surface area contributed by atoms with Crippen LogP contribution >= 0.6 is 0 Å². The second kappa shape index (κ2) is 6.43. The summed E-state index contributed by atoms with van der Waals surface area (Å²) in [7, 11) is 0. The molecule has 0 aliphatic carbocycles. The second-order valence-electron chi connectivity index (χ2n) is 7.56. The Labute approximate surface area is 146 Å². The van der Waals surface area contributed by atoms with E-state index in [0.717, 1.165) is 16.5 Å². The number of hydrogen-bond donors (Lipinski definition) is 2. The molecule has 1 amide bonds. The largest absolute Gasteiger partial charge is 0.481 e. The van der Waals surface area contributed by atoms with Crippen LogP contribution in [-0.4, -0.2) is 45.7 Å². The van der Waals surface area contributed by atoms with Gasteiger partial charge < -0.3 is 19.7 Å². The van der Waals surface area contributed by atoms with Gasteiger partial charge in [0, 0.05) is 36.1 Å². The Kier molecular flexibility index (Phi) is 4.45. The third-order valence-corrected chi connectivity index (χ3v) is 4.60. The first kappa shape index (κ1) is 17.3. The number of nitrogens with zero attached hydrogens (tertiary/aromatic N) is 1. The number of rotatable bonds is 2. The quantitative estimate of drug-likeness (QED) is 0.872. The lowest BCUT2D eigenvalue weighted by Gasteiger charge is -2.37. The molecule has 0 saturated carbocycles. The lowest BCUT2D eigenvalue weighted by molar-refractivity contribution is -0.144. The predicted molar refractivity (Wildman–Crippen MR) is 94.6 cm³/mol. The molecule has 0 spiro atoms. The Balaban J connectivity index is 1.83. The lowest BCUT2D eigenvalue weighted by Crippen LogP contribution is -2.47. The van der Waals surface area contributed by atoms with Gasteiger partial charge in [0.1, 0.15) is 5.60 Å². The molecule has 6 heteroatoms. The summed E-state index contributed by atoms with van der Waals surface area (Å²) in [5.41, 5.74) is 1.41. The number of amides is 1. The summed E-state index contributed by atoms with van der Waals surface area (Å²) in [6, 6.07) is 7.87. The Hall–Kier alpha value is -2.50. The number of fused-ring (bicyclic) bond motifs is 1. The summed E-state index contributed by atoms with van der Waals surface area (Å²) in [6.07, 6.45) is 2.04. The summed E-state index contributed by atoms with van der Waals surface area (Å²) in [5, 5.41) is 10.8. The van der Waals surface area contributed by atoms with Crippen LogP contribution in [-0.2, 0) is 9.53 Å². The topological polar surface area (TPSA) is 82.6 Å². The number of likely N-dealkylation sites (tertiary alicyclic amines) is 1. The average Bonchev–Trinajstić information content (AvgIpc) is 2.96. The molecule has 3 rings (SSSR count). The highest BCUT2D eigenvalue weighted by molar-refractivity contribution is 5.85. The maximum atomic E-state index is 12.3. The van der Waals surface area contributed by atoms with Crippen LogP contribution in [0.15, 0.2) is 30.5 Å². The number of aliphatic carboxylic acids is 1. The van der Waals surface area contributed by atoms with Crippen molar-refractivity contribution in [3.05, 3.63) is 36.0 Å².